The molecule has 1 saturated heterocycles. The van der Waals surface area contributed by atoms with Gasteiger partial charge in [0.2, 0.25) is 0 Å². The molecule has 1 atom stereocenters. The van der Waals surface area contributed by atoms with Crippen LogP contribution in [0.25, 0.3) is 0 Å². The van der Waals surface area contributed by atoms with E-state index in [4.69, 9.17) is 10.5 Å². The van der Waals surface area contributed by atoms with Crippen LogP contribution in [0.5, 0.6) is 5.75 Å². The van der Waals surface area contributed by atoms with Crippen LogP contribution in [0.2, 0.25) is 0 Å². The number of nitrogens with one attached hydrogen (secondary N) is 1. The van der Waals surface area contributed by atoms with E-state index in [1.54, 1.807) is 24.3 Å². The van der Waals surface area contributed by atoms with Crippen LogP contribution in [0, 0.1) is 0 Å². The normalized spacial score (nSPS) is 22.4. The Kier molecular flexibility index (Phi) is 3.67. The Hall–Kier alpha value is -2.08. The number of likely N-dealkylation sites (N-methyl/N-ethyl adjacent to an activating group) is 1. The molecule has 6 heteroatoms. The van der Waals surface area contributed by atoms with Gasteiger partial charge in [-0.25, -0.2) is 4.79 Å². The molecule has 1 aliphatic heterocycles. The summed E-state index contributed by atoms with van der Waals surface area (Å²) in [5.74, 6) is 0.364. The minimum Gasteiger partial charge on any atom is -0.491 e. The van der Waals surface area contributed by atoms with Crippen molar-refractivity contribution in [2.75, 3.05) is 13.6 Å². The fraction of sp³-hybridized carbons (Fsp3) is 0.429. The maximum atomic E-state index is 12.3. The summed E-state index contributed by atoms with van der Waals surface area (Å²) in [6, 6.07) is 6.60. The average Bonchev–Trinajstić information content (AvgIpc) is 2.64. The van der Waals surface area contributed by atoms with E-state index in [1.165, 1.54) is 7.05 Å². The van der Waals surface area contributed by atoms with E-state index in [0.717, 1.165) is 4.90 Å². The van der Waals surface area contributed by atoms with Crippen molar-refractivity contribution in [1.29, 1.82) is 0 Å². The number of carbonyl (C=O) groups excluding carboxylic acids is 2. The zero-order valence-electron chi connectivity index (χ0n) is 11.8. The monoisotopic (exact) mass is 277 g/mol. The van der Waals surface area contributed by atoms with Crippen molar-refractivity contribution in [1.82, 2.24) is 10.2 Å². The van der Waals surface area contributed by atoms with Gasteiger partial charge in [0.15, 0.2) is 5.54 Å². The predicted octanol–water partition coefficient (Wildman–Crippen LogP) is 0.809. The average molecular weight is 277 g/mol. The zero-order chi connectivity index (χ0) is 14.9. The van der Waals surface area contributed by atoms with Gasteiger partial charge in [-0.3, -0.25) is 9.69 Å². The first-order valence-electron chi connectivity index (χ1n) is 6.48. The van der Waals surface area contributed by atoms with Gasteiger partial charge in [-0.05, 0) is 31.5 Å². The summed E-state index contributed by atoms with van der Waals surface area (Å²) in [4.78, 5) is 25.0. The number of nitrogens with zero attached hydrogens (tertiary/aromatic N) is 1. The molecule has 0 radical (unpaired) electrons. The summed E-state index contributed by atoms with van der Waals surface area (Å²) in [6.07, 6.45) is 0.0725. The van der Waals surface area contributed by atoms with Gasteiger partial charge < -0.3 is 15.8 Å². The van der Waals surface area contributed by atoms with E-state index in [2.05, 4.69) is 5.32 Å². The number of hydrogen-bond donors (Lipinski definition) is 2. The van der Waals surface area contributed by atoms with Crippen molar-refractivity contribution >= 4 is 11.9 Å². The van der Waals surface area contributed by atoms with Gasteiger partial charge in [0.25, 0.3) is 5.91 Å². The van der Waals surface area contributed by atoms with E-state index < -0.39 is 11.6 Å². The molecule has 3 amide bonds. The van der Waals surface area contributed by atoms with Crippen molar-refractivity contribution < 1.29 is 14.3 Å². The molecule has 0 spiro atoms. The SMILES string of the molecule is CC(C)Oc1ccc(C2(CN)NC(=O)N(C)C2=O)cc1. The molecule has 2 rings (SSSR count). The second-order valence-electron chi connectivity index (χ2n) is 5.09. The van der Waals surface area contributed by atoms with Crippen molar-refractivity contribution in [3.63, 3.8) is 0 Å². The quantitative estimate of drug-likeness (QED) is 0.798. The number of amides is 3. The minimum absolute atomic E-state index is 0.00625. The van der Waals surface area contributed by atoms with Crippen LogP contribution in [0.1, 0.15) is 19.4 Å². The summed E-state index contributed by atoms with van der Waals surface area (Å²) in [7, 11) is 1.44. The van der Waals surface area contributed by atoms with Crippen molar-refractivity contribution in [3.8, 4) is 5.75 Å². The molecular formula is C14H19N3O3. The van der Waals surface area contributed by atoms with Gasteiger partial charge in [-0.15, -0.1) is 0 Å². The highest BCUT2D eigenvalue weighted by Crippen LogP contribution is 2.29. The summed E-state index contributed by atoms with van der Waals surface area (Å²) >= 11 is 0. The van der Waals surface area contributed by atoms with Gasteiger partial charge in [0.05, 0.1) is 6.10 Å². The van der Waals surface area contributed by atoms with Gasteiger partial charge in [0, 0.05) is 13.6 Å². The van der Waals surface area contributed by atoms with E-state index in [0.29, 0.717) is 11.3 Å². The summed E-state index contributed by atoms with van der Waals surface area (Å²) in [5, 5.41) is 2.66. The number of nitrogens with two attached hydrogens (primary N) is 1. The van der Waals surface area contributed by atoms with Crippen LogP contribution in [-0.2, 0) is 10.3 Å². The van der Waals surface area contributed by atoms with Crippen LogP contribution in [-0.4, -0.2) is 36.5 Å². The predicted molar refractivity (Wildman–Crippen MR) is 74.2 cm³/mol. The molecular weight excluding hydrogens is 258 g/mol. The fourth-order valence-corrected chi connectivity index (χ4v) is 2.24. The maximum absolute atomic E-state index is 12.3. The van der Waals surface area contributed by atoms with E-state index in [9.17, 15) is 9.59 Å². The molecule has 0 bridgehead atoms. The lowest BCUT2D eigenvalue weighted by molar-refractivity contribution is -0.130. The fourth-order valence-electron chi connectivity index (χ4n) is 2.24. The molecule has 1 fully saturated rings. The highest BCUT2D eigenvalue weighted by Gasteiger charge is 2.50. The summed E-state index contributed by atoms with van der Waals surface area (Å²) in [6.45, 7) is 3.88. The Morgan fingerprint density at radius 1 is 1.30 bits per heavy atom. The second kappa shape index (κ2) is 5.13. The number of urea groups is 1. The van der Waals surface area contributed by atoms with Crippen LogP contribution < -0.4 is 15.8 Å². The number of benzene rings is 1. The lowest BCUT2D eigenvalue weighted by Crippen LogP contribution is -2.49. The Labute approximate surface area is 117 Å². The molecule has 108 valence electrons. The van der Waals surface area contributed by atoms with Crippen LogP contribution in [0.3, 0.4) is 0 Å². The molecule has 1 aliphatic rings. The number of carbonyl (C=O) groups is 2. The standard InChI is InChI=1S/C14H19N3O3/c1-9(2)20-11-6-4-10(5-7-11)14(8-15)12(18)17(3)13(19)16-14/h4-7,9H,8,15H2,1-3H3,(H,16,19). The lowest BCUT2D eigenvalue weighted by Gasteiger charge is -2.25. The Bertz CT molecular complexity index is 527. The third-order valence-electron chi connectivity index (χ3n) is 3.32. The molecule has 1 heterocycles. The first-order chi connectivity index (χ1) is 9.40. The number of rotatable bonds is 4. The topological polar surface area (TPSA) is 84.7 Å². The lowest BCUT2D eigenvalue weighted by atomic mass is 9.90. The molecule has 20 heavy (non-hydrogen) atoms. The first kappa shape index (κ1) is 14.3. The van der Waals surface area contributed by atoms with Crippen molar-refractivity contribution in [3.05, 3.63) is 29.8 Å². The van der Waals surface area contributed by atoms with Gasteiger partial charge in [0.1, 0.15) is 5.75 Å². The third kappa shape index (κ3) is 2.22. The molecule has 1 aromatic carbocycles. The molecule has 1 unspecified atom stereocenters. The number of hydrogen-bond acceptors (Lipinski definition) is 4. The van der Waals surface area contributed by atoms with Gasteiger partial charge in [-0.1, -0.05) is 12.1 Å². The summed E-state index contributed by atoms with van der Waals surface area (Å²) < 4.78 is 5.55. The second-order valence-corrected chi connectivity index (χ2v) is 5.09. The molecule has 1 aromatic rings. The minimum atomic E-state index is -1.18. The molecule has 6 nitrogen and oxygen atoms in total. The number of imide groups is 1. The Morgan fingerprint density at radius 2 is 1.90 bits per heavy atom. The summed E-state index contributed by atoms with van der Waals surface area (Å²) in [5.41, 5.74) is 5.21. The molecule has 0 saturated carbocycles. The third-order valence-corrected chi connectivity index (χ3v) is 3.32. The van der Waals surface area contributed by atoms with E-state index in [1.807, 2.05) is 13.8 Å². The molecule has 0 aliphatic carbocycles. The molecule has 3 N–H and O–H groups in total. The highest BCUT2D eigenvalue weighted by atomic mass is 16.5. The van der Waals surface area contributed by atoms with Crippen LogP contribution in [0.4, 0.5) is 4.79 Å². The van der Waals surface area contributed by atoms with Gasteiger partial charge in [-0.2, -0.15) is 0 Å². The Morgan fingerprint density at radius 3 is 2.30 bits per heavy atom. The Balaban J connectivity index is 2.33. The maximum Gasteiger partial charge on any atom is 0.325 e. The van der Waals surface area contributed by atoms with Crippen LogP contribution >= 0.6 is 0 Å². The molecule has 0 aromatic heterocycles. The first-order valence-corrected chi connectivity index (χ1v) is 6.48. The zero-order valence-corrected chi connectivity index (χ0v) is 11.8. The van der Waals surface area contributed by atoms with Gasteiger partial charge >= 0.3 is 6.03 Å². The van der Waals surface area contributed by atoms with E-state index >= 15 is 0 Å². The van der Waals surface area contributed by atoms with Crippen LogP contribution in [0.15, 0.2) is 24.3 Å². The number of ether oxygens (including phenoxy) is 1. The van der Waals surface area contributed by atoms with Crippen molar-refractivity contribution in [2.24, 2.45) is 5.73 Å². The largest absolute Gasteiger partial charge is 0.491 e. The van der Waals surface area contributed by atoms with Crippen molar-refractivity contribution in [2.45, 2.75) is 25.5 Å². The smallest absolute Gasteiger partial charge is 0.325 e. The highest BCUT2D eigenvalue weighted by molar-refractivity contribution is 6.07. The van der Waals surface area contributed by atoms with E-state index in [-0.39, 0.29) is 18.6 Å².